The van der Waals surface area contributed by atoms with Gasteiger partial charge in [-0.2, -0.15) is 0 Å². The lowest BCUT2D eigenvalue weighted by atomic mass is 10.2. The summed E-state index contributed by atoms with van der Waals surface area (Å²) in [6.07, 6.45) is 3.87. The number of carbonyl (C=O) groups excluding carboxylic acids is 1. The predicted octanol–water partition coefficient (Wildman–Crippen LogP) is 4.82. The summed E-state index contributed by atoms with van der Waals surface area (Å²) in [4.78, 5) is 16.8. The third-order valence-corrected chi connectivity index (χ3v) is 4.21. The van der Waals surface area contributed by atoms with E-state index < -0.39 is 0 Å². The van der Waals surface area contributed by atoms with E-state index in [4.69, 9.17) is 16.3 Å². The average Bonchev–Trinajstić information content (AvgIpc) is 3.10. The van der Waals surface area contributed by atoms with E-state index in [-0.39, 0.29) is 5.91 Å². The molecule has 2 heterocycles. The number of benzene rings is 2. The lowest BCUT2D eigenvalue weighted by Gasteiger charge is -2.09. The number of halogens is 1. The first-order valence-electron chi connectivity index (χ1n) is 8.40. The Labute approximate surface area is 161 Å². The highest BCUT2D eigenvalue weighted by Crippen LogP contribution is 2.20. The highest BCUT2D eigenvalue weighted by atomic mass is 35.5. The van der Waals surface area contributed by atoms with E-state index in [1.165, 1.54) is 0 Å². The molecule has 0 aliphatic carbocycles. The molecule has 5 nitrogen and oxygen atoms in total. The third kappa shape index (κ3) is 4.10. The zero-order chi connectivity index (χ0) is 18.6. The minimum atomic E-state index is -0.227. The second-order valence-corrected chi connectivity index (χ2v) is 6.42. The zero-order valence-corrected chi connectivity index (χ0v) is 15.1. The van der Waals surface area contributed by atoms with Crippen LogP contribution in [0.3, 0.4) is 0 Å². The highest BCUT2D eigenvalue weighted by molar-refractivity contribution is 6.31. The smallest absolute Gasteiger partial charge is 0.255 e. The quantitative estimate of drug-likeness (QED) is 0.542. The summed E-state index contributed by atoms with van der Waals surface area (Å²) in [6.45, 7) is 0.341. The van der Waals surface area contributed by atoms with Gasteiger partial charge in [0.2, 0.25) is 0 Å². The van der Waals surface area contributed by atoms with Crippen molar-refractivity contribution in [1.29, 1.82) is 0 Å². The van der Waals surface area contributed by atoms with Crippen LogP contribution in [0.1, 0.15) is 16.1 Å². The molecule has 4 rings (SSSR count). The van der Waals surface area contributed by atoms with E-state index in [0.29, 0.717) is 28.6 Å². The number of fused-ring (bicyclic) bond motifs is 1. The SMILES string of the molecule is O=C(Nc1cccc(OCc2cn3ccccc3n2)c1)c1cccc(Cl)c1. The van der Waals surface area contributed by atoms with Gasteiger partial charge in [0, 0.05) is 34.7 Å². The van der Waals surface area contributed by atoms with E-state index in [1.807, 2.05) is 47.1 Å². The molecule has 27 heavy (non-hydrogen) atoms. The molecule has 0 saturated heterocycles. The van der Waals surface area contributed by atoms with Crippen LogP contribution in [0.5, 0.6) is 5.75 Å². The molecule has 6 heteroatoms. The number of anilines is 1. The minimum absolute atomic E-state index is 0.227. The topological polar surface area (TPSA) is 55.6 Å². The van der Waals surface area contributed by atoms with Crippen LogP contribution in [0.2, 0.25) is 5.02 Å². The number of nitrogens with one attached hydrogen (secondary N) is 1. The summed E-state index contributed by atoms with van der Waals surface area (Å²) < 4.78 is 7.77. The molecule has 0 unspecified atom stereocenters. The third-order valence-electron chi connectivity index (χ3n) is 3.98. The van der Waals surface area contributed by atoms with Crippen LogP contribution in [-0.2, 0) is 6.61 Å². The Hall–Kier alpha value is -3.31. The molecule has 0 fully saturated rings. The van der Waals surface area contributed by atoms with Crippen LogP contribution in [0.15, 0.2) is 79.1 Å². The summed E-state index contributed by atoms with van der Waals surface area (Å²) in [7, 11) is 0. The average molecular weight is 378 g/mol. The molecule has 2 aromatic carbocycles. The maximum atomic E-state index is 12.3. The first-order valence-corrected chi connectivity index (χ1v) is 8.77. The molecule has 0 aliphatic rings. The van der Waals surface area contributed by atoms with Crippen molar-refractivity contribution in [2.75, 3.05) is 5.32 Å². The lowest BCUT2D eigenvalue weighted by molar-refractivity contribution is 0.102. The maximum Gasteiger partial charge on any atom is 0.255 e. The number of aromatic nitrogens is 2. The van der Waals surface area contributed by atoms with Gasteiger partial charge in [0.1, 0.15) is 18.0 Å². The van der Waals surface area contributed by atoms with E-state index in [0.717, 1.165) is 11.3 Å². The Kier molecular flexibility index (Phi) is 4.77. The molecule has 0 atom stereocenters. The normalized spacial score (nSPS) is 10.7. The van der Waals surface area contributed by atoms with Gasteiger partial charge in [-0.3, -0.25) is 4.79 Å². The number of carbonyl (C=O) groups is 1. The summed E-state index contributed by atoms with van der Waals surface area (Å²) >= 11 is 5.94. The first kappa shape index (κ1) is 17.1. The van der Waals surface area contributed by atoms with Gasteiger partial charge in [-0.05, 0) is 42.5 Å². The fraction of sp³-hybridized carbons (Fsp3) is 0.0476. The monoisotopic (exact) mass is 377 g/mol. The van der Waals surface area contributed by atoms with Gasteiger partial charge >= 0.3 is 0 Å². The van der Waals surface area contributed by atoms with Gasteiger partial charge in [-0.25, -0.2) is 4.98 Å². The van der Waals surface area contributed by atoms with Crippen molar-refractivity contribution < 1.29 is 9.53 Å². The van der Waals surface area contributed by atoms with Crippen molar-refractivity contribution >= 4 is 28.8 Å². The van der Waals surface area contributed by atoms with Crippen LogP contribution in [-0.4, -0.2) is 15.3 Å². The van der Waals surface area contributed by atoms with E-state index in [2.05, 4.69) is 10.3 Å². The zero-order valence-electron chi connectivity index (χ0n) is 14.3. The molecule has 4 aromatic rings. The van der Waals surface area contributed by atoms with E-state index >= 15 is 0 Å². The second-order valence-electron chi connectivity index (χ2n) is 5.98. The summed E-state index contributed by atoms with van der Waals surface area (Å²) in [5.41, 5.74) is 2.85. The Balaban J connectivity index is 1.43. The molecule has 1 amide bonds. The molecule has 0 bridgehead atoms. The van der Waals surface area contributed by atoms with Gasteiger partial charge in [0.15, 0.2) is 0 Å². The fourth-order valence-electron chi connectivity index (χ4n) is 2.71. The predicted molar refractivity (Wildman–Crippen MR) is 105 cm³/mol. The van der Waals surface area contributed by atoms with Crippen LogP contribution in [0.25, 0.3) is 5.65 Å². The second kappa shape index (κ2) is 7.51. The summed E-state index contributed by atoms with van der Waals surface area (Å²) in [5.74, 6) is 0.422. The van der Waals surface area contributed by atoms with Gasteiger partial charge in [0.05, 0.1) is 5.69 Å². The standard InChI is InChI=1S/C21H16ClN3O2/c22-16-6-3-5-15(11-16)21(26)24-17-7-4-8-19(12-17)27-14-18-13-25-10-2-1-9-20(25)23-18/h1-13H,14H2,(H,24,26). The van der Waals surface area contributed by atoms with Crippen molar-refractivity contribution in [1.82, 2.24) is 9.38 Å². The number of ether oxygens (including phenoxy) is 1. The van der Waals surface area contributed by atoms with Gasteiger partial charge in [0.25, 0.3) is 5.91 Å². The fourth-order valence-corrected chi connectivity index (χ4v) is 2.90. The number of imidazole rings is 1. The summed E-state index contributed by atoms with van der Waals surface area (Å²) in [6, 6.07) is 19.9. The van der Waals surface area contributed by atoms with Gasteiger partial charge in [-0.15, -0.1) is 0 Å². The Bertz CT molecular complexity index is 1070. The number of nitrogens with zero attached hydrogens (tertiary/aromatic N) is 2. The number of amides is 1. The van der Waals surface area contributed by atoms with Gasteiger partial charge < -0.3 is 14.5 Å². The van der Waals surface area contributed by atoms with Crippen molar-refractivity contribution in [3.8, 4) is 5.75 Å². The maximum absolute atomic E-state index is 12.3. The molecule has 134 valence electrons. The van der Waals surface area contributed by atoms with Crippen LogP contribution in [0.4, 0.5) is 5.69 Å². The molecule has 0 saturated carbocycles. The highest BCUT2D eigenvalue weighted by Gasteiger charge is 2.08. The molecule has 1 N–H and O–H groups in total. The number of rotatable bonds is 5. The molecule has 0 aliphatic heterocycles. The summed E-state index contributed by atoms with van der Waals surface area (Å²) in [5, 5.41) is 3.37. The van der Waals surface area contributed by atoms with E-state index in [9.17, 15) is 4.79 Å². The number of pyridine rings is 1. The van der Waals surface area contributed by atoms with Crippen LogP contribution in [0, 0.1) is 0 Å². The molecule has 0 spiro atoms. The molecular formula is C21H16ClN3O2. The molecule has 0 radical (unpaired) electrons. The number of hydrogen-bond acceptors (Lipinski definition) is 3. The Morgan fingerprint density at radius 2 is 1.96 bits per heavy atom. The minimum Gasteiger partial charge on any atom is -0.487 e. The van der Waals surface area contributed by atoms with Crippen LogP contribution < -0.4 is 10.1 Å². The molecule has 2 aromatic heterocycles. The first-order chi connectivity index (χ1) is 13.2. The number of hydrogen-bond donors (Lipinski definition) is 1. The largest absolute Gasteiger partial charge is 0.487 e. The molecular weight excluding hydrogens is 362 g/mol. The Morgan fingerprint density at radius 3 is 2.81 bits per heavy atom. The van der Waals surface area contributed by atoms with Crippen molar-refractivity contribution in [2.45, 2.75) is 6.61 Å². The van der Waals surface area contributed by atoms with Crippen molar-refractivity contribution in [3.05, 3.63) is 95.4 Å². The van der Waals surface area contributed by atoms with E-state index in [1.54, 1.807) is 36.4 Å². The Morgan fingerprint density at radius 1 is 1.07 bits per heavy atom. The van der Waals surface area contributed by atoms with Crippen molar-refractivity contribution in [3.63, 3.8) is 0 Å². The van der Waals surface area contributed by atoms with Crippen LogP contribution >= 0.6 is 11.6 Å². The van der Waals surface area contributed by atoms with Gasteiger partial charge in [-0.1, -0.05) is 29.8 Å². The lowest BCUT2D eigenvalue weighted by Crippen LogP contribution is -2.11. The van der Waals surface area contributed by atoms with Crippen molar-refractivity contribution in [2.24, 2.45) is 0 Å².